The molecule has 0 bridgehead atoms. The molecule has 26 heavy (non-hydrogen) atoms. The Labute approximate surface area is 171 Å². The molecule has 1 aromatic rings. The first-order valence-corrected chi connectivity index (χ1v) is 9.15. The average Bonchev–Trinajstić information content (AvgIpc) is 2.60. The molecule has 3 N–H and O–H groups in total. The van der Waals surface area contributed by atoms with E-state index in [1.54, 1.807) is 6.92 Å². The Morgan fingerprint density at radius 1 is 1.23 bits per heavy atom. The number of benzene rings is 1. The molecule has 1 aliphatic heterocycles. The lowest BCUT2D eigenvalue weighted by Gasteiger charge is -2.44. The van der Waals surface area contributed by atoms with Crippen molar-refractivity contribution in [2.24, 2.45) is 11.7 Å². The second kappa shape index (κ2) is 10.5. The Balaban J connectivity index is 0.00000312. The van der Waals surface area contributed by atoms with Gasteiger partial charge in [-0.1, -0.05) is 43.7 Å². The molecule has 1 heterocycles. The first-order valence-electron chi connectivity index (χ1n) is 9.15. The van der Waals surface area contributed by atoms with Crippen LogP contribution in [0.3, 0.4) is 0 Å². The monoisotopic (exact) mass is 403 g/mol. The van der Waals surface area contributed by atoms with Crippen LogP contribution in [0.5, 0.6) is 0 Å². The number of piperidine rings is 1. The number of hydrogen-bond donors (Lipinski definition) is 2. The maximum Gasteiger partial charge on any atom is 0.244 e. The average molecular weight is 404 g/mol. The quantitative estimate of drug-likeness (QED) is 0.760. The summed E-state index contributed by atoms with van der Waals surface area (Å²) < 4.78 is 0. The van der Waals surface area contributed by atoms with Gasteiger partial charge in [0.15, 0.2) is 0 Å². The summed E-state index contributed by atoms with van der Waals surface area (Å²) in [4.78, 5) is 15.2. The number of hydrogen-bond acceptors (Lipinski definition) is 3. The number of nitrogens with one attached hydrogen (secondary N) is 1. The summed E-state index contributed by atoms with van der Waals surface area (Å²) in [5.74, 6) is 0.656. The van der Waals surface area contributed by atoms with E-state index in [4.69, 9.17) is 5.73 Å². The Morgan fingerprint density at radius 3 is 2.42 bits per heavy atom. The summed E-state index contributed by atoms with van der Waals surface area (Å²) in [5, 5.41) is 3.09. The third-order valence-electron chi connectivity index (χ3n) is 5.48. The number of carbonyl (C=O) groups excluding carboxylic acids is 1. The molecule has 2 atom stereocenters. The molecular weight excluding hydrogens is 369 g/mol. The van der Waals surface area contributed by atoms with Crippen LogP contribution in [0.15, 0.2) is 30.3 Å². The fourth-order valence-electron chi connectivity index (χ4n) is 3.46. The van der Waals surface area contributed by atoms with E-state index in [2.05, 4.69) is 31.0 Å². The molecule has 150 valence electrons. The van der Waals surface area contributed by atoms with Crippen LogP contribution in [0.25, 0.3) is 0 Å². The summed E-state index contributed by atoms with van der Waals surface area (Å²) >= 11 is 0. The molecule has 2 rings (SSSR count). The summed E-state index contributed by atoms with van der Waals surface area (Å²) in [6, 6.07) is 9.57. The Kier molecular flexibility index (Phi) is 10.2. The fourth-order valence-corrected chi connectivity index (χ4v) is 3.46. The summed E-state index contributed by atoms with van der Waals surface area (Å²) in [5.41, 5.74) is 6.08. The van der Waals surface area contributed by atoms with Crippen LogP contribution in [0.2, 0.25) is 0 Å². The van der Waals surface area contributed by atoms with Gasteiger partial charge in [-0.3, -0.25) is 9.69 Å². The number of likely N-dealkylation sites (tertiary alicyclic amines) is 1. The van der Waals surface area contributed by atoms with Gasteiger partial charge >= 0.3 is 0 Å². The van der Waals surface area contributed by atoms with Crippen LogP contribution in [0.1, 0.15) is 52.5 Å². The topological polar surface area (TPSA) is 58.4 Å². The Bertz CT molecular complexity index is 549. The minimum atomic E-state index is -1.01. The lowest BCUT2D eigenvalue weighted by Crippen LogP contribution is -2.58. The SMILES string of the molecule is CCC1CCCN(C(C)(C)CNC(=O)C(C)(N)c2ccccc2)C1.Cl.Cl. The van der Waals surface area contributed by atoms with E-state index < -0.39 is 5.54 Å². The Morgan fingerprint density at radius 2 is 1.85 bits per heavy atom. The van der Waals surface area contributed by atoms with Crippen molar-refractivity contribution in [3.63, 3.8) is 0 Å². The van der Waals surface area contributed by atoms with Gasteiger partial charge in [-0.15, -0.1) is 24.8 Å². The van der Waals surface area contributed by atoms with Crippen LogP contribution in [-0.2, 0) is 10.3 Å². The van der Waals surface area contributed by atoms with Crippen molar-refractivity contribution < 1.29 is 4.79 Å². The number of rotatable bonds is 6. The smallest absolute Gasteiger partial charge is 0.244 e. The van der Waals surface area contributed by atoms with Crippen molar-refractivity contribution in [3.8, 4) is 0 Å². The van der Waals surface area contributed by atoms with E-state index >= 15 is 0 Å². The predicted octanol–water partition coefficient (Wildman–Crippen LogP) is 3.72. The van der Waals surface area contributed by atoms with Crippen molar-refractivity contribution in [1.82, 2.24) is 10.2 Å². The van der Waals surface area contributed by atoms with E-state index in [1.807, 2.05) is 30.3 Å². The molecule has 0 aromatic heterocycles. The zero-order chi connectivity index (χ0) is 17.8. The molecule has 2 unspecified atom stereocenters. The molecule has 1 amide bonds. The number of nitrogens with two attached hydrogens (primary N) is 1. The third kappa shape index (κ3) is 6.12. The highest BCUT2D eigenvalue weighted by atomic mass is 35.5. The number of nitrogens with zero attached hydrogens (tertiary/aromatic N) is 1. The minimum absolute atomic E-state index is 0. The molecule has 0 spiro atoms. The van der Waals surface area contributed by atoms with E-state index in [0.717, 1.165) is 24.6 Å². The number of carbonyl (C=O) groups is 1. The molecule has 4 nitrogen and oxygen atoms in total. The molecule has 1 fully saturated rings. The predicted molar refractivity (Wildman–Crippen MR) is 114 cm³/mol. The highest BCUT2D eigenvalue weighted by Crippen LogP contribution is 2.26. The van der Waals surface area contributed by atoms with Gasteiger partial charge in [0.05, 0.1) is 0 Å². The van der Waals surface area contributed by atoms with Gasteiger partial charge in [0.25, 0.3) is 0 Å². The van der Waals surface area contributed by atoms with Gasteiger partial charge in [-0.2, -0.15) is 0 Å². The lowest BCUT2D eigenvalue weighted by atomic mass is 9.90. The van der Waals surface area contributed by atoms with Crippen molar-refractivity contribution in [2.75, 3.05) is 19.6 Å². The third-order valence-corrected chi connectivity index (χ3v) is 5.48. The normalized spacial score (nSPS) is 20.3. The Hall–Kier alpha value is -0.810. The zero-order valence-corrected chi connectivity index (χ0v) is 18.1. The molecule has 0 aliphatic carbocycles. The second-order valence-electron chi connectivity index (χ2n) is 7.93. The van der Waals surface area contributed by atoms with Crippen LogP contribution >= 0.6 is 24.8 Å². The van der Waals surface area contributed by atoms with Crippen molar-refractivity contribution in [3.05, 3.63) is 35.9 Å². The zero-order valence-electron chi connectivity index (χ0n) is 16.5. The summed E-state index contributed by atoms with van der Waals surface area (Å²) in [7, 11) is 0. The van der Waals surface area contributed by atoms with Crippen LogP contribution < -0.4 is 11.1 Å². The largest absolute Gasteiger partial charge is 0.352 e. The first kappa shape index (κ1) is 25.2. The maximum atomic E-state index is 12.7. The number of amides is 1. The van der Waals surface area contributed by atoms with Crippen LogP contribution in [0.4, 0.5) is 0 Å². The molecule has 1 aliphatic rings. The van der Waals surface area contributed by atoms with E-state index in [1.165, 1.54) is 19.3 Å². The van der Waals surface area contributed by atoms with Gasteiger partial charge in [0.2, 0.25) is 5.91 Å². The van der Waals surface area contributed by atoms with Crippen molar-refractivity contribution >= 4 is 30.7 Å². The molecule has 6 heteroatoms. The molecule has 1 aromatic carbocycles. The first-order chi connectivity index (χ1) is 11.3. The highest BCUT2D eigenvalue weighted by molar-refractivity contribution is 5.87. The lowest BCUT2D eigenvalue weighted by molar-refractivity contribution is -0.126. The highest BCUT2D eigenvalue weighted by Gasteiger charge is 2.34. The summed E-state index contributed by atoms with van der Waals surface area (Å²) in [6.07, 6.45) is 3.80. The number of halogens is 2. The van der Waals surface area contributed by atoms with E-state index in [9.17, 15) is 4.79 Å². The van der Waals surface area contributed by atoms with E-state index in [0.29, 0.717) is 6.54 Å². The van der Waals surface area contributed by atoms with Crippen molar-refractivity contribution in [2.45, 2.75) is 58.0 Å². The minimum Gasteiger partial charge on any atom is -0.352 e. The van der Waals surface area contributed by atoms with Crippen molar-refractivity contribution in [1.29, 1.82) is 0 Å². The van der Waals surface area contributed by atoms with E-state index in [-0.39, 0.29) is 36.3 Å². The molecule has 1 saturated heterocycles. The van der Waals surface area contributed by atoms with Gasteiger partial charge in [0.1, 0.15) is 5.54 Å². The second-order valence-corrected chi connectivity index (χ2v) is 7.93. The molecule has 0 saturated carbocycles. The fraction of sp³-hybridized carbons (Fsp3) is 0.650. The van der Waals surface area contributed by atoms with Gasteiger partial charge < -0.3 is 11.1 Å². The standard InChI is InChI=1S/C20H33N3O.2ClH/c1-5-16-10-9-13-23(14-16)19(2,3)15-22-18(24)20(4,21)17-11-7-6-8-12-17;;/h6-8,11-12,16H,5,9-10,13-15,21H2,1-4H3,(H,22,24);2*1H. The maximum absolute atomic E-state index is 12.7. The van der Waals surface area contributed by atoms with Gasteiger partial charge in [-0.25, -0.2) is 0 Å². The van der Waals surface area contributed by atoms with Gasteiger partial charge in [-0.05, 0) is 51.6 Å². The van der Waals surface area contributed by atoms with Crippen LogP contribution in [-0.4, -0.2) is 36.0 Å². The van der Waals surface area contributed by atoms with Gasteiger partial charge in [0, 0.05) is 18.6 Å². The van der Waals surface area contributed by atoms with Crippen LogP contribution in [0, 0.1) is 5.92 Å². The molecular formula is C20H35Cl2N3O. The molecule has 0 radical (unpaired) electrons. The summed E-state index contributed by atoms with van der Waals surface area (Å²) in [6.45, 7) is 11.3.